The maximum absolute atomic E-state index is 3.12. The van der Waals surface area contributed by atoms with E-state index >= 15 is 0 Å². The lowest BCUT2D eigenvalue weighted by Gasteiger charge is -2.30. The van der Waals surface area contributed by atoms with Crippen molar-refractivity contribution in [3.63, 3.8) is 0 Å². The van der Waals surface area contributed by atoms with Crippen LogP contribution in [0, 0.1) is 11.8 Å². The maximum Gasteiger partial charge on any atom is -0.0233 e. The normalized spacial score (nSPS) is 15.6. The third kappa shape index (κ3) is 5.91. The van der Waals surface area contributed by atoms with Crippen molar-refractivity contribution in [2.75, 3.05) is 0 Å². The van der Waals surface area contributed by atoms with Crippen molar-refractivity contribution in [1.82, 2.24) is 0 Å². The minimum atomic E-state index is 0.856. The summed E-state index contributed by atoms with van der Waals surface area (Å²) in [5, 5.41) is 0. The Bertz CT molecular complexity index is 129. The highest BCUT2D eigenvalue weighted by molar-refractivity contribution is 7.17. The lowest BCUT2D eigenvalue weighted by Crippen LogP contribution is -2.23. The monoisotopic (exact) mass is 230 g/mol. The van der Waals surface area contributed by atoms with Crippen LogP contribution < -0.4 is 0 Å². The van der Waals surface area contributed by atoms with E-state index in [1.807, 2.05) is 0 Å². The molecule has 0 spiro atoms. The molecule has 0 amide bonds. The highest BCUT2D eigenvalue weighted by Crippen LogP contribution is 2.33. The predicted octanol–water partition coefficient (Wildman–Crippen LogP) is 5.27. The second kappa shape index (κ2) is 9.64. The Hall–Kier alpha value is 0.430. The average Bonchev–Trinajstić information content (AvgIpc) is 2.26. The van der Waals surface area contributed by atoms with Crippen molar-refractivity contribution in [2.45, 2.75) is 78.3 Å². The van der Waals surface area contributed by atoms with Crippen molar-refractivity contribution < 1.29 is 0 Å². The van der Waals surface area contributed by atoms with Gasteiger partial charge in [0, 0.05) is 0 Å². The summed E-state index contributed by atoms with van der Waals surface area (Å²) < 4.78 is 0. The Morgan fingerprint density at radius 1 is 0.867 bits per heavy atom. The molecule has 0 aromatic heterocycles. The van der Waals surface area contributed by atoms with Crippen LogP contribution in [-0.2, 0) is 0 Å². The Morgan fingerprint density at radius 2 is 1.47 bits per heavy atom. The van der Waals surface area contributed by atoms with Crippen molar-refractivity contribution in [3.8, 4) is 0 Å². The SMILES string of the molecule is CCCCC(P)C(CCC)C(CC)CC. The van der Waals surface area contributed by atoms with Gasteiger partial charge in [0.15, 0.2) is 0 Å². The molecule has 0 aromatic rings. The van der Waals surface area contributed by atoms with Gasteiger partial charge in [-0.1, -0.05) is 59.8 Å². The first-order valence-electron chi connectivity index (χ1n) is 6.96. The van der Waals surface area contributed by atoms with Gasteiger partial charge in [0.25, 0.3) is 0 Å². The largest absolute Gasteiger partial charge is 0.134 e. The molecule has 3 unspecified atom stereocenters. The molecule has 0 aliphatic heterocycles. The van der Waals surface area contributed by atoms with E-state index in [2.05, 4.69) is 36.9 Å². The first-order chi connectivity index (χ1) is 7.21. The van der Waals surface area contributed by atoms with E-state index in [-0.39, 0.29) is 0 Å². The summed E-state index contributed by atoms with van der Waals surface area (Å²) in [4.78, 5) is 0. The minimum absolute atomic E-state index is 0.856. The maximum atomic E-state index is 3.12. The summed E-state index contributed by atoms with van der Waals surface area (Å²) in [6.07, 6.45) is 9.63. The van der Waals surface area contributed by atoms with Crippen molar-refractivity contribution in [3.05, 3.63) is 0 Å². The third-order valence-corrected chi connectivity index (χ3v) is 4.54. The molecule has 0 bridgehead atoms. The molecule has 0 aliphatic carbocycles. The second-order valence-corrected chi connectivity index (χ2v) is 5.69. The molecule has 15 heavy (non-hydrogen) atoms. The summed E-state index contributed by atoms with van der Waals surface area (Å²) in [5.41, 5.74) is 0.856. The molecule has 0 saturated heterocycles. The van der Waals surface area contributed by atoms with Gasteiger partial charge in [-0.15, -0.1) is 9.24 Å². The van der Waals surface area contributed by atoms with E-state index in [0.29, 0.717) is 0 Å². The Balaban J connectivity index is 4.20. The fraction of sp³-hybridized carbons (Fsp3) is 1.00. The van der Waals surface area contributed by atoms with Gasteiger partial charge in [-0.05, 0) is 30.3 Å². The van der Waals surface area contributed by atoms with Gasteiger partial charge in [-0.2, -0.15) is 0 Å². The Kier molecular flexibility index (Phi) is 9.92. The first-order valence-corrected chi connectivity index (χ1v) is 7.63. The van der Waals surface area contributed by atoms with E-state index in [4.69, 9.17) is 0 Å². The smallest absolute Gasteiger partial charge is 0.0233 e. The van der Waals surface area contributed by atoms with Gasteiger partial charge in [0.2, 0.25) is 0 Å². The van der Waals surface area contributed by atoms with Crippen LogP contribution in [0.3, 0.4) is 0 Å². The molecule has 92 valence electrons. The van der Waals surface area contributed by atoms with Crippen LogP contribution >= 0.6 is 9.24 Å². The fourth-order valence-electron chi connectivity index (χ4n) is 2.68. The molecular weight excluding hydrogens is 199 g/mol. The summed E-state index contributed by atoms with van der Waals surface area (Å²) >= 11 is 0. The van der Waals surface area contributed by atoms with E-state index in [9.17, 15) is 0 Å². The lowest BCUT2D eigenvalue weighted by atomic mass is 9.81. The van der Waals surface area contributed by atoms with Crippen LogP contribution in [0.15, 0.2) is 0 Å². The van der Waals surface area contributed by atoms with E-state index in [0.717, 1.165) is 17.5 Å². The lowest BCUT2D eigenvalue weighted by molar-refractivity contribution is 0.276. The zero-order valence-electron chi connectivity index (χ0n) is 11.3. The molecule has 1 heteroatoms. The quantitative estimate of drug-likeness (QED) is 0.473. The molecule has 0 heterocycles. The summed E-state index contributed by atoms with van der Waals surface area (Å²) in [6, 6.07) is 0. The topological polar surface area (TPSA) is 0 Å². The van der Waals surface area contributed by atoms with E-state index in [1.165, 1.54) is 44.9 Å². The van der Waals surface area contributed by atoms with Gasteiger partial charge in [-0.3, -0.25) is 0 Å². The molecule has 0 aliphatic rings. The molecule has 0 rings (SSSR count). The molecule has 3 atom stereocenters. The molecule has 0 N–H and O–H groups in total. The van der Waals surface area contributed by atoms with Crippen LogP contribution in [0.2, 0.25) is 0 Å². The average molecular weight is 230 g/mol. The van der Waals surface area contributed by atoms with Gasteiger partial charge < -0.3 is 0 Å². The van der Waals surface area contributed by atoms with Crippen LogP contribution in [-0.4, -0.2) is 5.66 Å². The number of hydrogen-bond acceptors (Lipinski definition) is 0. The minimum Gasteiger partial charge on any atom is -0.134 e. The van der Waals surface area contributed by atoms with Crippen LogP contribution in [0.1, 0.15) is 72.6 Å². The predicted molar refractivity (Wildman–Crippen MR) is 75.5 cm³/mol. The van der Waals surface area contributed by atoms with E-state index < -0.39 is 0 Å². The third-order valence-electron chi connectivity index (χ3n) is 3.72. The standard InChI is InChI=1S/C14H31P/c1-5-9-11-14(15)13(10-6-2)12(7-3)8-4/h12-14H,5-11,15H2,1-4H3. The van der Waals surface area contributed by atoms with Gasteiger partial charge in [0.05, 0.1) is 0 Å². The van der Waals surface area contributed by atoms with Crippen molar-refractivity contribution in [1.29, 1.82) is 0 Å². The number of unbranched alkanes of at least 4 members (excludes halogenated alkanes) is 1. The Morgan fingerprint density at radius 3 is 1.87 bits per heavy atom. The van der Waals surface area contributed by atoms with E-state index in [1.54, 1.807) is 0 Å². The second-order valence-electron chi connectivity index (χ2n) is 4.84. The summed E-state index contributed by atoms with van der Waals surface area (Å²) in [6.45, 7) is 9.33. The zero-order valence-corrected chi connectivity index (χ0v) is 12.4. The van der Waals surface area contributed by atoms with Crippen LogP contribution in [0.25, 0.3) is 0 Å². The molecule has 0 radical (unpaired) electrons. The molecule has 0 fully saturated rings. The summed E-state index contributed by atoms with van der Waals surface area (Å²) in [7, 11) is 3.12. The molecule has 0 aromatic carbocycles. The van der Waals surface area contributed by atoms with Gasteiger partial charge in [0.1, 0.15) is 0 Å². The van der Waals surface area contributed by atoms with Crippen LogP contribution in [0.5, 0.6) is 0 Å². The van der Waals surface area contributed by atoms with Crippen molar-refractivity contribution >= 4 is 9.24 Å². The molecule has 0 nitrogen and oxygen atoms in total. The number of hydrogen-bond donors (Lipinski definition) is 0. The van der Waals surface area contributed by atoms with Crippen LogP contribution in [0.4, 0.5) is 0 Å². The highest BCUT2D eigenvalue weighted by atomic mass is 31.0. The first kappa shape index (κ1) is 15.4. The summed E-state index contributed by atoms with van der Waals surface area (Å²) in [5.74, 6) is 1.89. The number of rotatable bonds is 9. The highest BCUT2D eigenvalue weighted by Gasteiger charge is 2.23. The van der Waals surface area contributed by atoms with Crippen molar-refractivity contribution in [2.24, 2.45) is 11.8 Å². The zero-order chi connectivity index (χ0) is 11.7. The fourth-order valence-corrected chi connectivity index (χ4v) is 3.42. The Labute approximate surface area is 99.8 Å². The van der Waals surface area contributed by atoms with Gasteiger partial charge >= 0.3 is 0 Å². The van der Waals surface area contributed by atoms with Gasteiger partial charge in [-0.25, -0.2) is 0 Å². The molecule has 0 saturated carbocycles. The molecular formula is C14H31P.